The molecule has 0 rings (SSSR count). The number of nitriles is 4. The zero-order valence-corrected chi connectivity index (χ0v) is 5.44. The molecule has 0 saturated heterocycles. The molecular weight excluding hydrogens is 140 g/mol. The Morgan fingerprint density at radius 2 is 1.64 bits per heavy atom. The number of allylic oxidation sites excluding steroid dienone is 2. The Morgan fingerprint density at radius 1 is 1.09 bits per heavy atom. The molecule has 0 radical (unpaired) electrons. The predicted octanol–water partition coefficient (Wildman–Crippen LogP) is 0.623. The molecule has 0 aromatic carbocycles. The summed E-state index contributed by atoms with van der Waals surface area (Å²) in [5, 5.41) is 33.0. The Labute approximate surface area is 63.8 Å². The van der Waals surface area contributed by atoms with Gasteiger partial charge in [-0.05, 0) is 0 Å². The van der Waals surface area contributed by atoms with Gasteiger partial charge in [0.15, 0.2) is 5.92 Å². The molecule has 0 aliphatic carbocycles. The van der Waals surface area contributed by atoms with Crippen LogP contribution in [0.15, 0.2) is 11.6 Å². The van der Waals surface area contributed by atoms with Crippen molar-refractivity contribution < 1.29 is 0 Å². The van der Waals surface area contributed by atoms with E-state index in [4.69, 9.17) is 21.0 Å². The summed E-state index contributed by atoms with van der Waals surface area (Å²) in [7, 11) is 0. The highest BCUT2D eigenvalue weighted by atomic mass is 14.3. The highest BCUT2D eigenvalue weighted by molar-refractivity contribution is 5.36. The SMILES string of the molecule is N#C/C=C(/C#N)C(C#N)C#N. The maximum atomic E-state index is 8.32. The zero-order chi connectivity index (χ0) is 8.69. The van der Waals surface area contributed by atoms with Gasteiger partial charge in [-0.25, -0.2) is 0 Å². The molecule has 0 atom stereocenters. The van der Waals surface area contributed by atoms with Gasteiger partial charge in [0.2, 0.25) is 0 Å². The van der Waals surface area contributed by atoms with Gasteiger partial charge >= 0.3 is 0 Å². The van der Waals surface area contributed by atoms with Crippen molar-refractivity contribution in [1.82, 2.24) is 0 Å². The Hall–Kier alpha value is -2.30. The van der Waals surface area contributed by atoms with Crippen LogP contribution in [-0.2, 0) is 0 Å². The third-order valence-corrected chi connectivity index (χ3v) is 0.918. The van der Waals surface area contributed by atoms with Gasteiger partial charge < -0.3 is 0 Å². The van der Waals surface area contributed by atoms with Gasteiger partial charge in [0, 0.05) is 6.08 Å². The molecule has 11 heavy (non-hydrogen) atoms. The molecule has 0 fully saturated rings. The smallest absolute Gasteiger partial charge is 0.168 e. The molecule has 4 heteroatoms. The Kier molecular flexibility index (Phi) is 3.61. The minimum atomic E-state index is -1.13. The summed E-state index contributed by atoms with van der Waals surface area (Å²) in [4.78, 5) is 0. The number of rotatable bonds is 1. The summed E-state index contributed by atoms with van der Waals surface area (Å²) in [5.74, 6) is -1.13. The van der Waals surface area contributed by atoms with Crippen LogP contribution in [0.1, 0.15) is 0 Å². The fourth-order valence-corrected chi connectivity index (χ4v) is 0.418. The van der Waals surface area contributed by atoms with Crippen LogP contribution in [0.3, 0.4) is 0 Å². The maximum absolute atomic E-state index is 8.32. The highest BCUT2D eigenvalue weighted by Crippen LogP contribution is 2.06. The molecule has 0 spiro atoms. The minimum Gasteiger partial charge on any atom is -0.196 e. The van der Waals surface area contributed by atoms with Crippen molar-refractivity contribution >= 4 is 0 Å². The normalized spacial score (nSPS) is 9.00. The summed E-state index contributed by atoms with van der Waals surface area (Å²) < 4.78 is 0. The first-order chi connectivity index (χ1) is 5.29. The van der Waals surface area contributed by atoms with E-state index in [2.05, 4.69) is 0 Å². The van der Waals surface area contributed by atoms with E-state index in [9.17, 15) is 0 Å². The van der Waals surface area contributed by atoms with Crippen LogP contribution >= 0.6 is 0 Å². The summed E-state index contributed by atoms with van der Waals surface area (Å²) in [6.45, 7) is 0. The van der Waals surface area contributed by atoms with E-state index in [1.165, 1.54) is 0 Å². The molecule has 4 nitrogen and oxygen atoms in total. The third kappa shape index (κ3) is 2.19. The average Bonchev–Trinajstić information content (AvgIpc) is 2.05. The largest absolute Gasteiger partial charge is 0.196 e. The van der Waals surface area contributed by atoms with Gasteiger partial charge in [0.25, 0.3) is 0 Å². The van der Waals surface area contributed by atoms with Crippen LogP contribution in [-0.4, -0.2) is 0 Å². The van der Waals surface area contributed by atoms with Crippen molar-refractivity contribution in [2.45, 2.75) is 0 Å². The molecule has 0 amide bonds. The van der Waals surface area contributed by atoms with E-state index < -0.39 is 5.92 Å². The lowest BCUT2D eigenvalue weighted by Gasteiger charge is -1.90. The molecule has 0 aromatic rings. The molecule has 0 heterocycles. The lowest BCUT2D eigenvalue weighted by atomic mass is 10.0. The fraction of sp³-hybridized carbons (Fsp3) is 0.143. The van der Waals surface area contributed by atoms with Crippen LogP contribution in [0.25, 0.3) is 0 Å². The van der Waals surface area contributed by atoms with Crippen molar-refractivity contribution in [1.29, 1.82) is 21.0 Å². The van der Waals surface area contributed by atoms with Gasteiger partial charge in [-0.1, -0.05) is 0 Å². The second-order valence-electron chi connectivity index (χ2n) is 1.53. The van der Waals surface area contributed by atoms with Crippen molar-refractivity contribution in [3.63, 3.8) is 0 Å². The molecule has 0 unspecified atom stereocenters. The lowest BCUT2D eigenvalue weighted by Crippen LogP contribution is -1.95. The van der Waals surface area contributed by atoms with E-state index in [-0.39, 0.29) is 5.57 Å². The van der Waals surface area contributed by atoms with Crippen molar-refractivity contribution in [3.05, 3.63) is 11.6 Å². The van der Waals surface area contributed by atoms with Crippen LogP contribution < -0.4 is 0 Å². The first-order valence-electron chi connectivity index (χ1n) is 2.59. The van der Waals surface area contributed by atoms with Crippen molar-refractivity contribution in [2.75, 3.05) is 0 Å². The molecule has 0 saturated carbocycles. The summed E-state index contributed by atoms with van der Waals surface area (Å²) in [6.07, 6.45) is 0.900. The molecule has 0 aromatic heterocycles. The monoisotopic (exact) mass is 142 g/mol. The number of nitrogens with zero attached hydrogens (tertiary/aromatic N) is 4. The summed E-state index contributed by atoms with van der Waals surface area (Å²) in [5.41, 5.74) is -0.113. The van der Waals surface area contributed by atoms with Crippen LogP contribution in [0.2, 0.25) is 0 Å². The van der Waals surface area contributed by atoms with Crippen LogP contribution in [0.4, 0.5) is 0 Å². The quantitative estimate of drug-likeness (QED) is 0.501. The first-order valence-corrected chi connectivity index (χ1v) is 2.59. The van der Waals surface area contributed by atoms with Gasteiger partial charge in [-0.3, -0.25) is 0 Å². The predicted molar refractivity (Wildman–Crippen MR) is 34.0 cm³/mol. The molecule has 0 aliphatic heterocycles. The van der Waals surface area contributed by atoms with E-state index in [1.54, 1.807) is 24.3 Å². The molecule has 0 aliphatic rings. The highest BCUT2D eigenvalue weighted by Gasteiger charge is 2.10. The molecular formula is C7H2N4. The van der Waals surface area contributed by atoms with Crippen LogP contribution in [0, 0.1) is 51.2 Å². The summed E-state index contributed by atoms with van der Waals surface area (Å²) >= 11 is 0. The number of hydrogen-bond acceptors (Lipinski definition) is 4. The van der Waals surface area contributed by atoms with Crippen LogP contribution in [0.5, 0.6) is 0 Å². The summed E-state index contributed by atoms with van der Waals surface area (Å²) in [6, 6.07) is 6.35. The molecule has 0 N–H and O–H groups in total. The Bertz CT molecular complexity index is 311. The third-order valence-electron chi connectivity index (χ3n) is 0.918. The van der Waals surface area contributed by atoms with Crippen molar-refractivity contribution in [3.8, 4) is 24.3 Å². The molecule has 50 valence electrons. The van der Waals surface area contributed by atoms with Gasteiger partial charge in [-0.15, -0.1) is 0 Å². The van der Waals surface area contributed by atoms with E-state index in [1.807, 2.05) is 0 Å². The van der Waals surface area contributed by atoms with Gasteiger partial charge in [0.1, 0.15) is 0 Å². The Morgan fingerprint density at radius 3 is 1.91 bits per heavy atom. The van der Waals surface area contributed by atoms with Gasteiger partial charge in [0.05, 0.1) is 29.8 Å². The van der Waals surface area contributed by atoms with E-state index in [0.717, 1.165) is 6.08 Å². The fourth-order valence-electron chi connectivity index (χ4n) is 0.418. The first kappa shape index (κ1) is 8.70. The maximum Gasteiger partial charge on any atom is 0.168 e. The van der Waals surface area contributed by atoms with E-state index in [0.29, 0.717) is 0 Å². The van der Waals surface area contributed by atoms with E-state index >= 15 is 0 Å². The standard InChI is InChI=1S/C7H2N4/c8-2-1-6(3-9)7(4-10)5-11/h1,7H/b6-1-. The lowest BCUT2D eigenvalue weighted by molar-refractivity contribution is 1.04. The average molecular weight is 142 g/mol. The second kappa shape index (κ2) is 4.57. The zero-order valence-electron chi connectivity index (χ0n) is 5.44. The number of hydrogen-bond donors (Lipinski definition) is 0. The molecule has 0 bridgehead atoms. The van der Waals surface area contributed by atoms with Gasteiger partial charge in [-0.2, -0.15) is 21.0 Å². The Balaban J connectivity index is 4.76. The minimum absolute atomic E-state index is 0.113. The van der Waals surface area contributed by atoms with Crippen molar-refractivity contribution in [2.24, 2.45) is 5.92 Å². The second-order valence-corrected chi connectivity index (χ2v) is 1.53. The topological polar surface area (TPSA) is 95.2 Å².